The van der Waals surface area contributed by atoms with E-state index in [1.807, 2.05) is 28.8 Å². The number of nitrogens with zero attached hydrogens (tertiary/aromatic N) is 4. The lowest BCUT2D eigenvalue weighted by atomic mass is 10.1. The standard InChI is InChI=1S/C23H29N7.HI/c1-3-24-23(25-12-6-8-22-29-28-21-7-4-5-14-30(21)22)26-13-11-18-16-27-20-15-17(2)9-10-19(18)20;/h4-5,7,9-10,14-16,27H,3,6,8,11-13H2,1-2H3,(H2,24,25,26);1H. The predicted octanol–water partition coefficient (Wildman–Crippen LogP) is 3.87. The zero-order chi connectivity index (χ0) is 20.8. The lowest BCUT2D eigenvalue weighted by molar-refractivity contribution is 0.750. The van der Waals surface area contributed by atoms with Gasteiger partial charge in [-0.25, -0.2) is 0 Å². The van der Waals surface area contributed by atoms with E-state index in [9.17, 15) is 0 Å². The molecule has 0 unspecified atom stereocenters. The van der Waals surface area contributed by atoms with Gasteiger partial charge in [0.2, 0.25) is 0 Å². The number of aromatic amines is 1. The molecule has 1 aromatic carbocycles. The molecule has 3 aromatic heterocycles. The highest BCUT2D eigenvalue weighted by Crippen LogP contribution is 2.19. The maximum Gasteiger partial charge on any atom is 0.191 e. The van der Waals surface area contributed by atoms with E-state index < -0.39 is 0 Å². The van der Waals surface area contributed by atoms with Crippen LogP contribution in [0.15, 0.2) is 53.8 Å². The Kier molecular flexibility index (Phi) is 8.27. The second-order valence-corrected chi connectivity index (χ2v) is 7.45. The summed E-state index contributed by atoms with van der Waals surface area (Å²) in [5.41, 5.74) is 4.69. The zero-order valence-electron chi connectivity index (χ0n) is 18.1. The first kappa shape index (κ1) is 23.1. The van der Waals surface area contributed by atoms with Gasteiger partial charge in [-0.1, -0.05) is 18.2 Å². The molecule has 0 aliphatic rings. The van der Waals surface area contributed by atoms with Gasteiger partial charge in [-0.15, -0.1) is 34.2 Å². The summed E-state index contributed by atoms with van der Waals surface area (Å²) >= 11 is 0. The third-order valence-electron chi connectivity index (χ3n) is 5.17. The maximum atomic E-state index is 4.71. The number of halogens is 1. The van der Waals surface area contributed by atoms with Crippen LogP contribution in [0.25, 0.3) is 16.6 Å². The van der Waals surface area contributed by atoms with E-state index >= 15 is 0 Å². The van der Waals surface area contributed by atoms with Crippen LogP contribution in [0.1, 0.15) is 30.3 Å². The van der Waals surface area contributed by atoms with Gasteiger partial charge in [0.1, 0.15) is 5.82 Å². The van der Waals surface area contributed by atoms with Crippen LogP contribution < -0.4 is 10.6 Å². The van der Waals surface area contributed by atoms with Crippen LogP contribution in [-0.4, -0.2) is 45.2 Å². The van der Waals surface area contributed by atoms with Gasteiger partial charge in [0.05, 0.1) is 0 Å². The summed E-state index contributed by atoms with van der Waals surface area (Å²) in [5.74, 6) is 1.84. The molecule has 0 aliphatic carbocycles. The van der Waals surface area contributed by atoms with Crippen LogP contribution in [0.5, 0.6) is 0 Å². The number of aryl methyl sites for hydroxylation is 2. The van der Waals surface area contributed by atoms with Crippen molar-refractivity contribution in [3.05, 3.63) is 65.7 Å². The number of pyridine rings is 1. The van der Waals surface area contributed by atoms with Gasteiger partial charge < -0.3 is 15.6 Å². The largest absolute Gasteiger partial charge is 0.361 e. The summed E-state index contributed by atoms with van der Waals surface area (Å²) in [5, 5.41) is 16.6. The Bertz CT molecular complexity index is 1150. The van der Waals surface area contributed by atoms with E-state index in [-0.39, 0.29) is 24.0 Å². The van der Waals surface area contributed by atoms with Gasteiger partial charge in [-0.3, -0.25) is 9.39 Å². The van der Waals surface area contributed by atoms with Crippen LogP contribution in [0.3, 0.4) is 0 Å². The summed E-state index contributed by atoms with van der Waals surface area (Å²) in [6, 6.07) is 12.5. The first-order valence-corrected chi connectivity index (χ1v) is 10.6. The average molecular weight is 531 g/mol. The summed E-state index contributed by atoms with van der Waals surface area (Å²) < 4.78 is 2.04. The second-order valence-electron chi connectivity index (χ2n) is 7.45. The lowest BCUT2D eigenvalue weighted by Crippen LogP contribution is -2.38. The quantitative estimate of drug-likeness (QED) is 0.140. The number of benzene rings is 1. The fourth-order valence-electron chi connectivity index (χ4n) is 3.65. The molecule has 0 saturated carbocycles. The van der Waals surface area contributed by atoms with Gasteiger partial charge in [-0.2, -0.15) is 0 Å². The Balaban J connectivity index is 0.00000272. The number of fused-ring (bicyclic) bond motifs is 2. The first-order valence-electron chi connectivity index (χ1n) is 10.6. The Morgan fingerprint density at radius 3 is 2.90 bits per heavy atom. The molecule has 31 heavy (non-hydrogen) atoms. The van der Waals surface area contributed by atoms with Crippen LogP contribution in [0.2, 0.25) is 0 Å². The molecule has 0 atom stereocenters. The minimum atomic E-state index is 0. The number of guanidine groups is 1. The van der Waals surface area contributed by atoms with Crippen molar-refractivity contribution in [3.63, 3.8) is 0 Å². The summed E-state index contributed by atoms with van der Waals surface area (Å²) in [6.45, 7) is 6.62. The highest BCUT2D eigenvalue weighted by atomic mass is 127. The fraction of sp³-hybridized carbons (Fsp3) is 0.348. The van der Waals surface area contributed by atoms with E-state index in [0.717, 1.165) is 56.3 Å². The van der Waals surface area contributed by atoms with Crippen LogP contribution in [0, 0.1) is 6.92 Å². The summed E-state index contributed by atoms with van der Waals surface area (Å²) in [6.07, 6.45) is 6.83. The highest BCUT2D eigenvalue weighted by molar-refractivity contribution is 14.0. The molecule has 0 fully saturated rings. The van der Waals surface area contributed by atoms with Gasteiger partial charge in [0.15, 0.2) is 11.6 Å². The molecule has 164 valence electrons. The molecule has 0 amide bonds. The highest BCUT2D eigenvalue weighted by Gasteiger charge is 2.06. The van der Waals surface area contributed by atoms with E-state index in [1.165, 1.54) is 22.0 Å². The minimum Gasteiger partial charge on any atom is -0.361 e. The van der Waals surface area contributed by atoms with Crippen molar-refractivity contribution in [2.24, 2.45) is 4.99 Å². The molecule has 0 aliphatic heterocycles. The number of rotatable bonds is 8. The Morgan fingerprint density at radius 2 is 2.03 bits per heavy atom. The summed E-state index contributed by atoms with van der Waals surface area (Å²) in [4.78, 5) is 8.09. The lowest BCUT2D eigenvalue weighted by Gasteiger charge is -2.11. The molecule has 7 nitrogen and oxygen atoms in total. The van der Waals surface area contributed by atoms with Crippen molar-refractivity contribution in [2.45, 2.75) is 33.1 Å². The molecular weight excluding hydrogens is 501 g/mol. The number of H-pyrrole nitrogens is 1. The van der Waals surface area contributed by atoms with Crippen LogP contribution in [-0.2, 0) is 12.8 Å². The van der Waals surface area contributed by atoms with Gasteiger partial charge >= 0.3 is 0 Å². The third kappa shape index (κ3) is 5.75. The van der Waals surface area contributed by atoms with Crippen molar-refractivity contribution in [3.8, 4) is 0 Å². The molecule has 0 bridgehead atoms. The first-order chi connectivity index (χ1) is 14.7. The number of aliphatic imine (C=N–C) groups is 1. The Morgan fingerprint density at radius 1 is 1.13 bits per heavy atom. The number of hydrogen-bond acceptors (Lipinski definition) is 3. The topological polar surface area (TPSA) is 82.4 Å². The van der Waals surface area contributed by atoms with E-state index in [2.05, 4.69) is 64.1 Å². The average Bonchev–Trinajstić information content (AvgIpc) is 3.35. The van der Waals surface area contributed by atoms with Gasteiger partial charge in [-0.05, 0) is 56.0 Å². The molecule has 0 radical (unpaired) electrons. The number of nitrogens with one attached hydrogen (secondary N) is 3. The fourth-order valence-corrected chi connectivity index (χ4v) is 3.65. The normalized spacial score (nSPS) is 11.6. The van der Waals surface area contributed by atoms with E-state index in [0.29, 0.717) is 0 Å². The summed E-state index contributed by atoms with van der Waals surface area (Å²) in [7, 11) is 0. The maximum absolute atomic E-state index is 4.71. The van der Waals surface area contributed by atoms with Crippen molar-refractivity contribution in [2.75, 3.05) is 19.6 Å². The predicted molar refractivity (Wildman–Crippen MR) is 137 cm³/mol. The molecule has 3 N–H and O–H groups in total. The molecule has 3 heterocycles. The van der Waals surface area contributed by atoms with Crippen molar-refractivity contribution >= 4 is 46.5 Å². The number of hydrogen-bond donors (Lipinski definition) is 3. The molecule has 4 rings (SSSR count). The van der Waals surface area contributed by atoms with Gasteiger partial charge in [0.25, 0.3) is 0 Å². The Hall–Kier alpha value is -2.62. The van der Waals surface area contributed by atoms with Crippen LogP contribution >= 0.6 is 24.0 Å². The smallest absolute Gasteiger partial charge is 0.191 e. The SMILES string of the molecule is CCNC(=NCCCc1nnc2ccccn12)NCCc1c[nH]c2cc(C)ccc12.I. The Labute approximate surface area is 199 Å². The molecular formula is C23H30IN7. The van der Waals surface area contributed by atoms with Crippen molar-refractivity contribution in [1.29, 1.82) is 0 Å². The van der Waals surface area contributed by atoms with Crippen molar-refractivity contribution in [1.82, 2.24) is 30.2 Å². The number of aromatic nitrogens is 4. The minimum absolute atomic E-state index is 0. The van der Waals surface area contributed by atoms with Gasteiger partial charge in [0, 0.05) is 49.4 Å². The molecule has 0 saturated heterocycles. The monoisotopic (exact) mass is 531 g/mol. The van der Waals surface area contributed by atoms with Crippen molar-refractivity contribution < 1.29 is 0 Å². The van der Waals surface area contributed by atoms with Crippen LogP contribution in [0.4, 0.5) is 0 Å². The van der Waals surface area contributed by atoms with E-state index in [4.69, 9.17) is 4.99 Å². The third-order valence-corrected chi connectivity index (χ3v) is 5.17. The van der Waals surface area contributed by atoms with E-state index in [1.54, 1.807) is 0 Å². The zero-order valence-corrected chi connectivity index (χ0v) is 20.4. The second kappa shape index (κ2) is 11.1. The molecule has 8 heteroatoms. The molecule has 4 aromatic rings. The molecule has 0 spiro atoms.